The van der Waals surface area contributed by atoms with Gasteiger partial charge < -0.3 is 20.5 Å². The fraction of sp³-hybridized carbons (Fsp3) is 0.333. The summed E-state index contributed by atoms with van der Waals surface area (Å²) in [6, 6.07) is 12.5. The third-order valence-electron chi connectivity index (χ3n) is 11.5. The van der Waals surface area contributed by atoms with Gasteiger partial charge in [-0.05, 0) is 96.2 Å². The van der Waals surface area contributed by atoms with E-state index in [2.05, 4.69) is 70.9 Å². The maximum absolute atomic E-state index is 12.7. The number of carboxylic acids is 1. The normalized spacial score (nSPS) is 19.1. The number of rotatable bonds is 8. The summed E-state index contributed by atoms with van der Waals surface area (Å²) in [5.41, 5.74) is 9.28. The summed E-state index contributed by atoms with van der Waals surface area (Å²) in [6.07, 6.45) is 12.3. The SMILES string of the molecule is O=C(CC1COC1)C1CCc2c(sc3ncnc(Nc4ccc5c(c4)C=NC5)c23)C1.O=C(O)C1CCc2c(sc3ncnc(Nc4ccc5c(c4)C=NC5)c23)C1. The zero-order valence-electron chi connectivity index (χ0n) is 30.5. The van der Waals surface area contributed by atoms with E-state index in [9.17, 15) is 14.7 Å². The molecule has 0 bridgehead atoms. The predicted molar refractivity (Wildman–Crippen MR) is 219 cm³/mol. The maximum atomic E-state index is 12.7. The number of aromatic nitrogens is 4. The van der Waals surface area contributed by atoms with Crippen molar-refractivity contribution < 1.29 is 19.4 Å². The van der Waals surface area contributed by atoms with Gasteiger partial charge in [-0.15, -0.1) is 22.7 Å². The van der Waals surface area contributed by atoms with Crippen LogP contribution < -0.4 is 10.6 Å². The van der Waals surface area contributed by atoms with Gasteiger partial charge in [0.05, 0.1) is 43.0 Å². The molecule has 56 heavy (non-hydrogen) atoms. The molecule has 0 radical (unpaired) electrons. The minimum absolute atomic E-state index is 0.131. The number of aliphatic carboxylic acids is 1. The molecule has 11 rings (SSSR count). The number of ether oxygens (including phenoxy) is 1. The second-order valence-electron chi connectivity index (χ2n) is 15.1. The molecule has 282 valence electrons. The zero-order chi connectivity index (χ0) is 37.8. The number of ketones is 1. The van der Waals surface area contributed by atoms with E-state index in [1.807, 2.05) is 18.5 Å². The molecule has 3 aliphatic heterocycles. The molecule has 14 heteroatoms. The highest BCUT2D eigenvalue weighted by Gasteiger charge is 2.32. The highest BCUT2D eigenvalue weighted by Crippen LogP contribution is 2.42. The highest BCUT2D eigenvalue weighted by molar-refractivity contribution is 7.19. The van der Waals surface area contributed by atoms with Crippen LogP contribution in [0.3, 0.4) is 0 Å². The van der Waals surface area contributed by atoms with Gasteiger partial charge in [0.15, 0.2) is 0 Å². The Bertz CT molecular complexity index is 2610. The highest BCUT2D eigenvalue weighted by atomic mass is 32.1. The van der Waals surface area contributed by atoms with Crippen LogP contribution in [0.4, 0.5) is 23.0 Å². The summed E-state index contributed by atoms with van der Waals surface area (Å²) in [5.74, 6) is 1.59. The Labute approximate surface area is 330 Å². The zero-order valence-corrected chi connectivity index (χ0v) is 32.1. The lowest BCUT2D eigenvalue weighted by Gasteiger charge is -2.28. The number of aryl methyl sites for hydroxylation is 2. The Morgan fingerprint density at radius 3 is 1.79 bits per heavy atom. The van der Waals surface area contributed by atoms with Crippen molar-refractivity contribution in [2.24, 2.45) is 27.7 Å². The summed E-state index contributed by atoms with van der Waals surface area (Å²) in [7, 11) is 0. The Kier molecular flexibility index (Phi) is 9.11. The first-order chi connectivity index (χ1) is 27.4. The Morgan fingerprint density at radius 2 is 1.27 bits per heavy atom. The molecule has 5 aliphatic rings. The number of carbonyl (C=O) groups excluding carboxylic acids is 1. The molecule has 0 saturated carbocycles. The number of Topliss-reactive ketones (excluding diaryl/α,β-unsaturated/α-hetero) is 1. The van der Waals surface area contributed by atoms with E-state index in [1.54, 1.807) is 35.3 Å². The lowest BCUT2D eigenvalue weighted by molar-refractivity contribution is -0.142. The van der Waals surface area contributed by atoms with Crippen LogP contribution in [0, 0.1) is 17.8 Å². The first kappa shape index (κ1) is 35.0. The number of fused-ring (bicyclic) bond motifs is 8. The van der Waals surface area contributed by atoms with Crippen molar-refractivity contribution in [2.45, 2.75) is 58.0 Å². The van der Waals surface area contributed by atoms with Gasteiger partial charge in [-0.2, -0.15) is 0 Å². The van der Waals surface area contributed by atoms with Crippen LogP contribution >= 0.6 is 22.7 Å². The molecule has 0 amide bonds. The average Bonchev–Trinajstić information content (AvgIpc) is 4.00. The molecule has 4 aromatic heterocycles. The van der Waals surface area contributed by atoms with Gasteiger partial charge >= 0.3 is 5.97 Å². The second-order valence-corrected chi connectivity index (χ2v) is 17.3. The van der Waals surface area contributed by atoms with Crippen LogP contribution in [0.2, 0.25) is 0 Å². The van der Waals surface area contributed by atoms with Crippen LogP contribution in [0.15, 0.2) is 59.0 Å². The van der Waals surface area contributed by atoms with Gasteiger partial charge in [0.25, 0.3) is 0 Å². The lowest BCUT2D eigenvalue weighted by Crippen LogP contribution is -2.32. The van der Waals surface area contributed by atoms with E-state index in [0.717, 1.165) is 111 Å². The summed E-state index contributed by atoms with van der Waals surface area (Å²) < 4.78 is 5.23. The molecule has 3 N–H and O–H groups in total. The number of nitrogens with zero attached hydrogens (tertiary/aromatic N) is 6. The number of hydrogen-bond donors (Lipinski definition) is 3. The number of anilines is 4. The van der Waals surface area contributed by atoms with Gasteiger partial charge in [0, 0.05) is 51.8 Å². The third kappa shape index (κ3) is 6.65. The number of benzene rings is 2. The second kappa shape index (κ2) is 14.6. The van der Waals surface area contributed by atoms with E-state index < -0.39 is 5.97 Å². The number of hydrogen-bond acceptors (Lipinski definition) is 13. The van der Waals surface area contributed by atoms with E-state index >= 15 is 0 Å². The third-order valence-corrected chi connectivity index (χ3v) is 13.8. The largest absolute Gasteiger partial charge is 0.481 e. The number of carbonyl (C=O) groups is 2. The van der Waals surface area contributed by atoms with Crippen LogP contribution in [0.5, 0.6) is 0 Å². The van der Waals surface area contributed by atoms with Gasteiger partial charge in [0.1, 0.15) is 39.7 Å². The van der Waals surface area contributed by atoms with E-state index in [-0.39, 0.29) is 11.8 Å². The monoisotopic (exact) mass is 782 g/mol. The molecule has 0 spiro atoms. The van der Waals surface area contributed by atoms with Crippen molar-refractivity contribution >= 4 is 90.3 Å². The topological polar surface area (TPSA) is 164 Å². The number of carboxylic acid groups (broad SMARTS) is 1. The van der Waals surface area contributed by atoms with Gasteiger partial charge in [-0.1, -0.05) is 12.1 Å². The standard InChI is InChI=1S/C23H22N4O2S.C19H16N4O2S/c28-19(5-13-10-29-11-13)14-2-4-18-20(7-14)30-23-21(18)22(25-12-26-23)27-17-3-1-15-8-24-9-16(15)6-17;24-19(25)10-2-4-14-15(6-10)26-18-16(14)17(21-9-22-18)23-13-3-1-11-7-20-8-12(11)5-13/h1,3,6,9,12-14H,2,4-5,7-8,10-11H2,(H,25,26,27);1,3,5,8-10H,2,4,6-7H2,(H,24,25)(H,21,22,23). The minimum Gasteiger partial charge on any atom is -0.481 e. The van der Waals surface area contributed by atoms with Crippen molar-refractivity contribution in [1.29, 1.82) is 0 Å². The Hall–Kier alpha value is -5.44. The predicted octanol–water partition coefficient (Wildman–Crippen LogP) is 7.63. The summed E-state index contributed by atoms with van der Waals surface area (Å²) in [4.78, 5) is 55.0. The van der Waals surface area contributed by atoms with Crippen molar-refractivity contribution in [3.63, 3.8) is 0 Å². The van der Waals surface area contributed by atoms with Crippen LogP contribution in [0.25, 0.3) is 20.4 Å². The van der Waals surface area contributed by atoms with E-state index in [1.165, 1.54) is 27.1 Å². The maximum Gasteiger partial charge on any atom is 0.306 e. The Balaban J connectivity index is 0.000000139. The number of aliphatic imine (C=N–C) groups is 2. The van der Waals surface area contributed by atoms with Gasteiger partial charge in [0.2, 0.25) is 0 Å². The molecule has 2 unspecified atom stereocenters. The first-order valence-corrected chi connectivity index (χ1v) is 20.7. The average molecular weight is 783 g/mol. The molecule has 2 aromatic carbocycles. The fourth-order valence-electron chi connectivity index (χ4n) is 8.38. The lowest BCUT2D eigenvalue weighted by atomic mass is 9.82. The van der Waals surface area contributed by atoms with E-state index in [4.69, 9.17) is 4.74 Å². The quantitative estimate of drug-likeness (QED) is 0.140. The van der Waals surface area contributed by atoms with Crippen molar-refractivity contribution in [2.75, 3.05) is 23.8 Å². The van der Waals surface area contributed by atoms with E-state index in [0.29, 0.717) is 31.0 Å². The van der Waals surface area contributed by atoms with Crippen molar-refractivity contribution in [1.82, 2.24) is 19.9 Å². The molecular formula is C42H38N8O4S2. The van der Waals surface area contributed by atoms with Crippen LogP contribution in [-0.4, -0.2) is 62.4 Å². The number of nitrogens with one attached hydrogen (secondary N) is 2. The molecule has 1 saturated heterocycles. The van der Waals surface area contributed by atoms with Crippen LogP contribution in [0.1, 0.15) is 62.4 Å². The summed E-state index contributed by atoms with van der Waals surface area (Å²) >= 11 is 3.31. The molecule has 6 aromatic rings. The summed E-state index contributed by atoms with van der Waals surface area (Å²) in [6.45, 7) is 2.99. The van der Waals surface area contributed by atoms with Gasteiger partial charge in [-0.3, -0.25) is 19.6 Å². The first-order valence-electron chi connectivity index (χ1n) is 19.1. The minimum atomic E-state index is -0.711. The molecule has 7 heterocycles. The molecule has 12 nitrogen and oxygen atoms in total. The summed E-state index contributed by atoms with van der Waals surface area (Å²) in [5, 5.41) is 18.4. The molecule has 1 fully saturated rings. The molecule has 2 aliphatic carbocycles. The number of thiophene rings is 2. The molecular weight excluding hydrogens is 745 g/mol. The smallest absolute Gasteiger partial charge is 0.306 e. The van der Waals surface area contributed by atoms with Crippen molar-refractivity contribution in [3.05, 3.63) is 92.2 Å². The van der Waals surface area contributed by atoms with Crippen LogP contribution in [-0.2, 0) is 53.1 Å². The van der Waals surface area contributed by atoms with Crippen molar-refractivity contribution in [3.8, 4) is 0 Å². The fourth-order valence-corrected chi connectivity index (χ4v) is 10.9. The van der Waals surface area contributed by atoms with Gasteiger partial charge in [-0.25, -0.2) is 19.9 Å². The Morgan fingerprint density at radius 1 is 0.732 bits per heavy atom. The molecule has 2 atom stereocenters.